The van der Waals surface area contributed by atoms with Crippen molar-refractivity contribution < 1.29 is 80.2 Å². The summed E-state index contributed by atoms with van der Waals surface area (Å²) in [6.07, 6.45) is -2.09. The van der Waals surface area contributed by atoms with Crippen LogP contribution in [0.3, 0.4) is 0 Å². The lowest BCUT2D eigenvalue weighted by Crippen LogP contribution is -2.34. The molecule has 0 amide bonds. The van der Waals surface area contributed by atoms with Crippen LogP contribution in [0.1, 0.15) is 122 Å². The fraction of sp³-hybridized carbons (Fsp3) is 0.560. The number of alkyl halides is 1. The summed E-state index contributed by atoms with van der Waals surface area (Å²) in [5.74, 6) is 0. The number of halogens is 4. The van der Waals surface area contributed by atoms with Gasteiger partial charge in [-0.1, -0.05) is 59.6 Å². The third kappa shape index (κ3) is 22.0. The zero-order chi connectivity index (χ0) is 60.5. The number of rotatable bonds is 28. The van der Waals surface area contributed by atoms with E-state index in [9.17, 15) is 39.6 Å². The van der Waals surface area contributed by atoms with Crippen molar-refractivity contribution in [2.75, 3.05) is 0 Å². The minimum Gasteiger partial charge on any atom is -0.305 e. The van der Waals surface area contributed by atoms with Crippen LogP contribution >= 0.6 is 53.6 Å². The topological polar surface area (TPSA) is 239 Å². The van der Waals surface area contributed by atoms with E-state index in [2.05, 4.69) is 9.97 Å². The van der Waals surface area contributed by atoms with Crippen molar-refractivity contribution in [2.24, 2.45) is 0 Å². The van der Waals surface area contributed by atoms with Gasteiger partial charge in [0.25, 0.3) is 20.0 Å². The van der Waals surface area contributed by atoms with Crippen LogP contribution in [-0.2, 0) is 87.3 Å². The SMILES string of the molecule is CC(C)OP(=O)(OC(C)C)C(Cc1ccnc(Cl)c1)P(=O)(OC(C)C)OC(C)C.CC(C)OP(=O)(OC(C)C)C(F)(Cc1ccnc(Cl)c1)P(=O)(OC(C)C)OC(C)C.O=S(=O)(c1ccccc1)N(F)S(=O)(=O)c1ccccc1. The second kappa shape index (κ2) is 31.5. The molecule has 0 fully saturated rings. The van der Waals surface area contributed by atoms with E-state index in [1.807, 2.05) is 0 Å². The van der Waals surface area contributed by atoms with Gasteiger partial charge in [0.1, 0.15) is 10.3 Å². The highest BCUT2D eigenvalue weighted by molar-refractivity contribution is 8.03. The van der Waals surface area contributed by atoms with Gasteiger partial charge >= 0.3 is 35.5 Å². The molecule has 19 nitrogen and oxygen atoms in total. The summed E-state index contributed by atoms with van der Waals surface area (Å²) in [5.41, 5.74) is 0.965. The van der Waals surface area contributed by atoms with Crippen molar-refractivity contribution in [3.8, 4) is 0 Å². The molecule has 0 atom stereocenters. The standard InChI is InChI=1S/C19H33ClFNO6P2.C19H34ClNO6P2.C12H10FNO4S2/c1-13(2)25-29(23,26-14(3)4)19(21,12-17-9-10-22-18(20)11-17)30(24,27-15(5)6)28-16(7)8;1-13(2)24-28(22,25-14(3)4)19(12-17-9-10-21-18(20)11-17)29(23,26-15(5)6)27-16(7)8;13-14(19(15,16)11-7-3-1-4-8-11)20(17,18)12-9-5-2-6-10-12/h9-11,13-16H,12H2,1-8H3;9-11,13-16,19H,12H2,1-8H3;1-10H. The van der Waals surface area contributed by atoms with Crippen LogP contribution in [0.5, 0.6) is 0 Å². The van der Waals surface area contributed by atoms with E-state index in [4.69, 9.17) is 59.4 Å². The number of aromatic nitrogens is 2. The largest absolute Gasteiger partial charge is 0.381 e. The van der Waals surface area contributed by atoms with Gasteiger partial charge in [0.15, 0.2) is 5.40 Å². The normalized spacial score (nSPS) is 13.3. The lowest BCUT2D eigenvalue weighted by Gasteiger charge is -2.39. The Kier molecular flexibility index (Phi) is 29.0. The molecule has 4 aromatic rings. The highest BCUT2D eigenvalue weighted by atomic mass is 35.5. The Balaban J connectivity index is 0.000000413. The van der Waals surface area contributed by atoms with Crippen molar-refractivity contribution in [2.45, 2.75) is 193 Å². The molecular weight excluding hydrogens is 1200 g/mol. The molecule has 0 unspecified atom stereocenters. The molecule has 0 aliphatic carbocycles. The highest BCUT2D eigenvalue weighted by Crippen LogP contribution is 2.80. The van der Waals surface area contributed by atoms with Gasteiger partial charge in [-0.3, -0.25) is 18.3 Å². The third-order valence-electron chi connectivity index (χ3n) is 9.29. The van der Waals surface area contributed by atoms with E-state index >= 15 is 4.39 Å². The van der Waals surface area contributed by atoms with Crippen LogP contribution in [0, 0.1) is 0 Å². The highest BCUT2D eigenvalue weighted by Gasteiger charge is 2.68. The van der Waals surface area contributed by atoms with Crippen LogP contribution in [0.4, 0.5) is 8.87 Å². The average molecular weight is 1270 g/mol. The summed E-state index contributed by atoms with van der Waals surface area (Å²) in [4.78, 5) is 6.95. The summed E-state index contributed by atoms with van der Waals surface area (Å²) < 4.78 is 179. The second-order valence-corrected chi connectivity index (χ2v) is 33.4. The Morgan fingerprint density at radius 2 is 0.759 bits per heavy atom. The second-order valence-electron chi connectivity index (χ2n) is 19.7. The quantitative estimate of drug-likeness (QED) is 0.0292. The van der Waals surface area contributed by atoms with Crippen LogP contribution in [0.15, 0.2) is 107 Å². The zero-order valence-corrected chi connectivity index (χ0v) is 54.1. The van der Waals surface area contributed by atoms with Crippen molar-refractivity contribution in [3.05, 3.63) is 119 Å². The van der Waals surface area contributed by atoms with Gasteiger partial charge in [0.2, 0.25) is 0 Å². The van der Waals surface area contributed by atoms with Crippen LogP contribution in [0.25, 0.3) is 0 Å². The Morgan fingerprint density at radius 1 is 0.481 bits per heavy atom. The first kappa shape index (κ1) is 72.7. The van der Waals surface area contributed by atoms with Gasteiger partial charge in [-0.2, -0.15) is 0 Å². The van der Waals surface area contributed by atoms with Gasteiger partial charge in [-0.25, -0.2) is 31.2 Å². The van der Waals surface area contributed by atoms with Crippen molar-refractivity contribution in [1.29, 1.82) is 0 Å². The molecule has 0 saturated heterocycles. The molecule has 0 aliphatic rings. The fourth-order valence-corrected chi connectivity index (χ4v) is 21.5. The summed E-state index contributed by atoms with van der Waals surface area (Å²) in [6.45, 7) is 26.6. The molecule has 0 spiro atoms. The first-order chi connectivity index (χ1) is 36.3. The average Bonchev–Trinajstić information content (AvgIpc) is 3.29. The van der Waals surface area contributed by atoms with E-state index in [1.165, 1.54) is 60.9 Å². The van der Waals surface area contributed by atoms with Crippen LogP contribution < -0.4 is 0 Å². The molecule has 29 heteroatoms. The van der Waals surface area contributed by atoms with E-state index in [1.54, 1.807) is 123 Å². The number of hydrogen-bond donors (Lipinski definition) is 0. The number of sulfonamides is 2. The molecule has 0 N–H and O–H groups in total. The van der Waals surface area contributed by atoms with Gasteiger partial charge in [0, 0.05) is 18.8 Å². The molecule has 2 heterocycles. The monoisotopic (exact) mass is 1270 g/mol. The lowest BCUT2D eigenvalue weighted by molar-refractivity contribution is 0.0806. The number of nitrogens with zero attached hydrogens (tertiary/aromatic N) is 3. The molecule has 448 valence electrons. The minimum absolute atomic E-state index is 0.0652. The molecule has 0 saturated carbocycles. The van der Waals surface area contributed by atoms with Gasteiger partial charge in [-0.05, 0) is 177 Å². The van der Waals surface area contributed by atoms with E-state index < -0.39 is 130 Å². The van der Waals surface area contributed by atoms with Gasteiger partial charge in [-0.15, -0.1) is 4.48 Å². The predicted octanol–water partition coefficient (Wildman–Crippen LogP) is 15.6. The molecular formula is C50H77Cl2F2N3O16P4S2. The maximum Gasteiger partial charge on any atom is 0.381 e. The first-order valence-electron chi connectivity index (χ1n) is 25.1. The Hall–Kier alpha value is -2.36. The van der Waals surface area contributed by atoms with E-state index in [-0.39, 0.29) is 22.3 Å². The fourth-order valence-electron chi connectivity index (χ4n) is 6.80. The molecule has 4 rings (SSSR count). The molecule has 2 aromatic carbocycles. The van der Waals surface area contributed by atoms with Gasteiger partial charge in [0.05, 0.1) is 62.6 Å². The first-order valence-corrected chi connectivity index (χ1v) is 35.1. The Bertz CT molecular complexity index is 2750. The zero-order valence-electron chi connectivity index (χ0n) is 47.3. The maximum atomic E-state index is 17.1. The summed E-state index contributed by atoms with van der Waals surface area (Å²) >= 11 is 12.0. The molecule has 0 bridgehead atoms. The molecule has 0 aliphatic heterocycles. The lowest BCUT2D eigenvalue weighted by atomic mass is 10.2. The maximum absolute atomic E-state index is 17.1. The predicted molar refractivity (Wildman–Crippen MR) is 304 cm³/mol. The minimum atomic E-state index is -4.77. The summed E-state index contributed by atoms with van der Waals surface area (Å²) in [5, 5.41) is -3.92. The van der Waals surface area contributed by atoms with E-state index in [0.717, 1.165) is 24.3 Å². The van der Waals surface area contributed by atoms with Crippen molar-refractivity contribution in [1.82, 2.24) is 13.9 Å². The molecule has 0 radical (unpaired) electrons. The summed E-state index contributed by atoms with van der Waals surface area (Å²) in [7, 11) is -26.8. The van der Waals surface area contributed by atoms with Gasteiger partial charge < -0.3 is 36.2 Å². The number of pyridine rings is 2. The molecule has 79 heavy (non-hydrogen) atoms. The van der Waals surface area contributed by atoms with E-state index in [0.29, 0.717) is 5.56 Å². The third-order valence-corrected chi connectivity index (χ3v) is 26.0. The Morgan fingerprint density at radius 3 is 1.04 bits per heavy atom. The molecule has 2 aromatic heterocycles. The number of benzene rings is 2. The van der Waals surface area contributed by atoms with Crippen molar-refractivity contribution >= 4 is 73.6 Å². The number of hydrogen-bond acceptors (Lipinski definition) is 18. The van der Waals surface area contributed by atoms with Crippen LogP contribution in [0.2, 0.25) is 10.3 Å². The van der Waals surface area contributed by atoms with Crippen molar-refractivity contribution in [3.63, 3.8) is 0 Å². The Labute approximate surface area is 476 Å². The smallest absolute Gasteiger partial charge is 0.305 e. The van der Waals surface area contributed by atoms with Crippen LogP contribution in [-0.4, -0.2) is 90.1 Å². The summed E-state index contributed by atoms with van der Waals surface area (Å²) in [6, 6.07) is 19.2.